The predicted octanol–water partition coefficient (Wildman–Crippen LogP) is 5.28. The molecule has 0 atom stereocenters. The van der Waals surface area contributed by atoms with E-state index in [-0.39, 0.29) is 48.3 Å². The number of benzene rings is 2. The number of aryl methyl sites for hydroxylation is 4. The highest BCUT2D eigenvalue weighted by Crippen LogP contribution is 2.33. The van der Waals surface area contributed by atoms with E-state index in [0.717, 1.165) is 41.8 Å². The first-order chi connectivity index (χ1) is 29.9. The van der Waals surface area contributed by atoms with E-state index in [1.807, 2.05) is 49.0 Å². The van der Waals surface area contributed by atoms with Crippen LogP contribution in [0.3, 0.4) is 0 Å². The summed E-state index contributed by atoms with van der Waals surface area (Å²) in [5.41, 5.74) is 15.3. The van der Waals surface area contributed by atoms with E-state index in [2.05, 4.69) is 20.2 Å². The van der Waals surface area contributed by atoms with Gasteiger partial charge in [0.2, 0.25) is 17.8 Å². The Hall–Kier alpha value is -6.02. The van der Waals surface area contributed by atoms with Gasteiger partial charge in [-0.1, -0.05) is 26.0 Å². The first-order valence-corrected chi connectivity index (χ1v) is 22.1. The van der Waals surface area contributed by atoms with E-state index >= 15 is 0 Å². The maximum absolute atomic E-state index is 13.9. The van der Waals surface area contributed by atoms with Gasteiger partial charge in [0, 0.05) is 43.9 Å². The van der Waals surface area contributed by atoms with Crippen LogP contribution in [0.15, 0.2) is 36.4 Å². The quantitative estimate of drug-likeness (QED) is 0.0537. The molecule has 2 aromatic carbocycles. The van der Waals surface area contributed by atoms with Crippen molar-refractivity contribution in [3.63, 3.8) is 0 Å². The van der Waals surface area contributed by atoms with Crippen LogP contribution in [-0.2, 0) is 37.1 Å². The Balaban J connectivity index is 1.25. The molecule has 7 rings (SSSR count). The fraction of sp³-hybridized carbons (Fsp3) is 0.395. The van der Waals surface area contributed by atoms with Crippen LogP contribution >= 0.6 is 22.7 Å². The van der Waals surface area contributed by atoms with E-state index < -0.39 is 11.8 Å². The number of nitrogens with one attached hydrogen (secondary N) is 1. The second-order valence-electron chi connectivity index (χ2n) is 14.7. The number of anilines is 1. The van der Waals surface area contributed by atoms with Crippen molar-refractivity contribution in [3.05, 3.63) is 84.5 Å². The summed E-state index contributed by atoms with van der Waals surface area (Å²) in [4.78, 5) is 74.6. The summed E-state index contributed by atoms with van der Waals surface area (Å²) in [6.07, 6.45) is 5.69. The number of hydrogen-bond donors (Lipinski definition) is 3. The van der Waals surface area contributed by atoms with Crippen molar-refractivity contribution in [2.45, 2.75) is 66.5 Å². The topological polar surface area (TPSA) is 225 Å². The molecule has 62 heavy (non-hydrogen) atoms. The Labute approximate surface area is 366 Å². The fourth-order valence-electron chi connectivity index (χ4n) is 7.52. The van der Waals surface area contributed by atoms with Crippen molar-refractivity contribution in [1.82, 2.24) is 34.0 Å². The molecule has 5 heterocycles. The highest BCUT2D eigenvalue weighted by atomic mass is 32.1. The normalized spacial score (nSPS) is 13.4. The predicted molar refractivity (Wildman–Crippen MR) is 238 cm³/mol. The number of ether oxygens (including phenoxy) is 3. The van der Waals surface area contributed by atoms with Crippen LogP contribution in [0.1, 0.15) is 87.6 Å². The standard InChI is InChI=1S/C43H50N10O7S2/c1-6-28-38(61-24(3)46-28)32(54)23-35-48-30-19-26(40(44)55)21-33(58-5)36(30)52(35)12-8-9-13-53-37-31(49-43(53)50-42(57)39-29(7-2)47-25(4)62-39)20-27(41(45)56)22-34(37)60-16-10-11-51-14-17-59-18-15-51/h8-9,19-22H,6-7,10-18,23H2,1-5H3,(H2,44,55)(H2,45,56)(H,49,50,57)/b9-8+. The third-order valence-electron chi connectivity index (χ3n) is 10.5. The molecular weight excluding hydrogens is 833 g/mol. The van der Waals surface area contributed by atoms with Gasteiger partial charge in [-0.25, -0.2) is 19.9 Å². The van der Waals surface area contributed by atoms with Crippen LogP contribution in [0.25, 0.3) is 22.1 Å². The van der Waals surface area contributed by atoms with E-state index in [4.69, 9.17) is 35.6 Å². The fourth-order valence-corrected chi connectivity index (χ4v) is 9.36. The number of primary amides is 2. The second kappa shape index (κ2) is 19.4. The van der Waals surface area contributed by atoms with Crippen LogP contribution in [0.2, 0.25) is 0 Å². The van der Waals surface area contributed by atoms with Gasteiger partial charge in [-0.3, -0.25) is 29.4 Å². The number of aromatic nitrogens is 6. The summed E-state index contributed by atoms with van der Waals surface area (Å²) in [5.74, 6) is -0.313. The van der Waals surface area contributed by atoms with Gasteiger partial charge in [-0.2, -0.15) is 0 Å². The molecule has 17 nitrogen and oxygen atoms in total. The van der Waals surface area contributed by atoms with Gasteiger partial charge in [-0.15, -0.1) is 22.7 Å². The number of hydrogen-bond acceptors (Lipinski definition) is 14. The number of methoxy groups -OCH3 is 1. The monoisotopic (exact) mass is 882 g/mol. The van der Waals surface area contributed by atoms with Crippen molar-refractivity contribution in [3.8, 4) is 11.5 Å². The largest absolute Gasteiger partial charge is 0.494 e. The summed E-state index contributed by atoms with van der Waals surface area (Å²) >= 11 is 2.66. The second-order valence-corrected chi connectivity index (χ2v) is 17.1. The van der Waals surface area contributed by atoms with Crippen LogP contribution in [-0.4, -0.2) is 104 Å². The van der Waals surface area contributed by atoms with Crippen molar-refractivity contribution < 1.29 is 33.4 Å². The molecule has 0 saturated carbocycles. The lowest BCUT2D eigenvalue weighted by Crippen LogP contribution is -2.37. The third kappa shape index (κ3) is 9.55. The Morgan fingerprint density at radius 1 is 0.806 bits per heavy atom. The van der Waals surface area contributed by atoms with Gasteiger partial charge >= 0.3 is 0 Å². The van der Waals surface area contributed by atoms with Crippen molar-refractivity contribution in [2.24, 2.45) is 11.5 Å². The maximum atomic E-state index is 13.9. The molecule has 1 fully saturated rings. The Bertz CT molecular complexity index is 2690. The summed E-state index contributed by atoms with van der Waals surface area (Å²) in [6, 6.07) is 6.35. The lowest BCUT2D eigenvalue weighted by molar-refractivity contribution is 0.0358. The number of thiazole rings is 2. The van der Waals surface area contributed by atoms with Gasteiger partial charge in [0.1, 0.15) is 33.2 Å². The van der Waals surface area contributed by atoms with Crippen molar-refractivity contribution in [1.29, 1.82) is 0 Å². The molecule has 0 radical (unpaired) electrons. The van der Waals surface area contributed by atoms with Gasteiger partial charge in [0.05, 0.1) is 70.7 Å². The summed E-state index contributed by atoms with van der Waals surface area (Å²) in [7, 11) is 1.49. The van der Waals surface area contributed by atoms with E-state index in [9.17, 15) is 19.2 Å². The van der Waals surface area contributed by atoms with Gasteiger partial charge in [-0.05, 0) is 57.4 Å². The molecule has 4 aromatic heterocycles. The third-order valence-corrected chi connectivity index (χ3v) is 12.6. The summed E-state index contributed by atoms with van der Waals surface area (Å²) in [6.45, 7) is 12.3. The lowest BCUT2D eigenvalue weighted by Gasteiger charge is -2.26. The lowest BCUT2D eigenvalue weighted by atomic mass is 10.1. The molecule has 326 valence electrons. The van der Waals surface area contributed by atoms with Crippen LogP contribution in [0, 0.1) is 13.8 Å². The molecular formula is C43H50N10O7S2. The van der Waals surface area contributed by atoms with Gasteiger partial charge in [0.15, 0.2) is 5.78 Å². The minimum atomic E-state index is -0.644. The number of carbonyl (C=O) groups is 4. The zero-order valence-electron chi connectivity index (χ0n) is 35.4. The average Bonchev–Trinajstić information content (AvgIpc) is 4.03. The molecule has 0 spiro atoms. The minimum absolute atomic E-state index is 0.0280. The highest BCUT2D eigenvalue weighted by molar-refractivity contribution is 7.14. The summed E-state index contributed by atoms with van der Waals surface area (Å²) in [5, 5.41) is 4.58. The molecule has 3 amide bonds. The first kappa shape index (κ1) is 44.0. The van der Waals surface area contributed by atoms with Crippen LogP contribution in [0.5, 0.6) is 11.5 Å². The molecule has 1 aliphatic rings. The Morgan fingerprint density at radius 2 is 1.39 bits per heavy atom. The van der Waals surface area contributed by atoms with Gasteiger partial charge < -0.3 is 34.8 Å². The summed E-state index contributed by atoms with van der Waals surface area (Å²) < 4.78 is 21.3. The van der Waals surface area contributed by atoms with Crippen molar-refractivity contribution >= 4 is 74.2 Å². The number of Topliss-reactive ketones (excluding diaryl/α,β-unsaturated/α-hetero) is 1. The average molecular weight is 883 g/mol. The van der Waals surface area contributed by atoms with Gasteiger partial charge in [0.25, 0.3) is 5.91 Å². The molecule has 1 saturated heterocycles. The number of ketones is 1. The van der Waals surface area contributed by atoms with Crippen molar-refractivity contribution in [2.75, 3.05) is 51.9 Å². The molecule has 1 aliphatic heterocycles. The van der Waals surface area contributed by atoms with Crippen LogP contribution < -0.4 is 26.3 Å². The number of amides is 3. The molecule has 0 bridgehead atoms. The maximum Gasteiger partial charge on any atom is 0.269 e. The number of imidazole rings is 2. The molecule has 6 aromatic rings. The number of rotatable bonds is 19. The number of morpholine rings is 1. The zero-order valence-corrected chi connectivity index (χ0v) is 37.0. The first-order valence-electron chi connectivity index (χ1n) is 20.4. The zero-order chi connectivity index (χ0) is 44.1. The highest BCUT2D eigenvalue weighted by Gasteiger charge is 2.25. The molecule has 5 N–H and O–H groups in total. The molecule has 19 heteroatoms. The molecule has 0 aliphatic carbocycles. The van der Waals surface area contributed by atoms with E-state index in [0.29, 0.717) is 87.5 Å². The number of carbonyl (C=O) groups excluding carboxylic acids is 4. The van der Waals surface area contributed by atoms with Crippen LogP contribution in [0.4, 0.5) is 5.95 Å². The minimum Gasteiger partial charge on any atom is -0.494 e. The smallest absolute Gasteiger partial charge is 0.269 e. The Morgan fingerprint density at radius 3 is 2.02 bits per heavy atom. The Kier molecular flexibility index (Phi) is 13.8. The number of fused-ring (bicyclic) bond motifs is 2. The molecule has 0 unspecified atom stereocenters. The number of nitrogens with two attached hydrogens (primary N) is 2. The van der Waals surface area contributed by atoms with E-state index in [1.54, 1.807) is 24.3 Å². The number of allylic oxidation sites excluding steroid dienone is 2. The number of nitrogens with zero attached hydrogens (tertiary/aromatic N) is 7. The van der Waals surface area contributed by atoms with E-state index in [1.165, 1.54) is 29.8 Å². The SMILES string of the molecule is CCc1nc(C)sc1C(=O)Cc1nc2cc(C(N)=O)cc(OC)c2n1C/C=C/Cn1c(NC(=O)c2sc(C)nc2CC)nc2cc(C(N)=O)cc(OCCCN3CCOCC3)c21.